The normalized spacial score (nSPS) is 11.2. The molecule has 2 rings (SSSR count). The smallest absolute Gasteiger partial charge is 0.211 e. The molecule has 2 aromatic rings. The van der Waals surface area contributed by atoms with Gasteiger partial charge in [0.25, 0.3) is 0 Å². The monoisotopic (exact) mass is 292 g/mol. The highest BCUT2D eigenvalue weighted by Crippen LogP contribution is 2.25. The van der Waals surface area contributed by atoms with E-state index in [0.29, 0.717) is 5.75 Å². The third kappa shape index (κ3) is 2.93. The quantitative estimate of drug-likeness (QED) is 0.675. The fourth-order valence-corrected chi connectivity index (χ4v) is 2.11. The zero-order chi connectivity index (χ0) is 14.5. The number of hydrogen-bond donors (Lipinski definition) is 1. The van der Waals surface area contributed by atoms with Gasteiger partial charge in [-0.2, -0.15) is 9.78 Å². The molecule has 106 valence electrons. The minimum Gasteiger partial charge on any atom is -0.504 e. The van der Waals surface area contributed by atoms with Crippen LogP contribution in [0.2, 0.25) is 0 Å². The van der Waals surface area contributed by atoms with Crippen molar-refractivity contribution in [3.63, 3.8) is 0 Å². The van der Waals surface area contributed by atoms with E-state index in [0.717, 1.165) is 23.0 Å². The Kier molecular flexibility index (Phi) is 4.62. The highest BCUT2D eigenvalue weighted by atomic mass is 32.2. The summed E-state index contributed by atoms with van der Waals surface area (Å²) in [4.78, 5) is 0. The first-order valence-electron chi connectivity index (χ1n) is 6.09. The number of aromatic hydroxyl groups is 1. The van der Waals surface area contributed by atoms with E-state index in [1.54, 1.807) is 29.1 Å². The minimum atomic E-state index is 0.105. The van der Waals surface area contributed by atoms with Crippen LogP contribution in [0.5, 0.6) is 11.5 Å². The molecule has 0 radical (unpaired) electrons. The molecule has 0 aliphatic heterocycles. The fourth-order valence-electron chi connectivity index (χ4n) is 1.66. The molecule has 7 heteroatoms. The van der Waals surface area contributed by atoms with Gasteiger partial charge in [0.1, 0.15) is 0 Å². The van der Waals surface area contributed by atoms with Crippen LogP contribution in [0.4, 0.5) is 0 Å². The van der Waals surface area contributed by atoms with Crippen molar-refractivity contribution in [3.05, 3.63) is 29.6 Å². The fraction of sp³-hybridized carbons (Fsp3) is 0.308. The van der Waals surface area contributed by atoms with Crippen LogP contribution < -0.4 is 4.74 Å². The molecule has 1 N–H and O–H groups in total. The van der Waals surface area contributed by atoms with Crippen molar-refractivity contribution in [2.45, 2.75) is 18.5 Å². The molecule has 0 fully saturated rings. The lowest BCUT2D eigenvalue weighted by Gasteiger charge is -2.04. The van der Waals surface area contributed by atoms with Gasteiger partial charge in [-0.05, 0) is 30.0 Å². The number of nitrogens with zero attached hydrogens (tertiary/aromatic N) is 4. The molecular weight excluding hydrogens is 276 g/mol. The Morgan fingerprint density at radius 1 is 1.45 bits per heavy atom. The zero-order valence-electron chi connectivity index (χ0n) is 11.6. The lowest BCUT2D eigenvalue weighted by atomic mass is 10.2. The summed E-state index contributed by atoms with van der Waals surface area (Å²) in [5.74, 6) is 1.32. The third-order valence-electron chi connectivity index (χ3n) is 2.70. The number of benzene rings is 1. The highest BCUT2D eigenvalue weighted by Gasteiger charge is 2.08. The molecule has 1 aromatic carbocycles. The van der Waals surface area contributed by atoms with Crippen molar-refractivity contribution < 1.29 is 9.84 Å². The van der Waals surface area contributed by atoms with E-state index in [-0.39, 0.29) is 5.75 Å². The molecule has 20 heavy (non-hydrogen) atoms. The first-order chi connectivity index (χ1) is 9.69. The van der Waals surface area contributed by atoms with Crippen LogP contribution in [0.25, 0.3) is 0 Å². The summed E-state index contributed by atoms with van der Waals surface area (Å²) in [6.07, 6.45) is 4.37. The second kappa shape index (κ2) is 6.42. The van der Waals surface area contributed by atoms with E-state index in [2.05, 4.69) is 15.3 Å². The van der Waals surface area contributed by atoms with Crippen LogP contribution in [0, 0.1) is 0 Å². The van der Waals surface area contributed by atoms with Gasteiger partial charge in [-0.1, -0.05) is 18.7 Å². The molecule has 0 unspecified atom stereocenters. The van der Waals surface area contributed by atoms with Gasteiger partial charge in [0.15, 0.2) is 17.3 Å². The first kappa shape index (κ1) is 14.4. The van der Waals surface area contributed by atoms with Crippen molar-refractivity contribution in [3.8, 4) is 11.5 Å². The molecular formula is C13H16N4O2S. The summed E-state index contributed by atoms with van der Waals surface area (Å²) < 4.78 is 6.78. The van der Waals surface area contributed by atoms with Crippen LogP contribution >= 0.6 is 11.8 Å². The molecule has 0 aliphatic carbocycles. The summed E-state index contributed by atoms with van der Waals surface area (Å²) in [6, 6.07) is 5.05. The highest BCUT2D eigenvalue weighted by molar-refractivity contribution is 7.98. The Bertz CT molecular complexity index is 603. The van der Waals surface area contributed by atoms with E-state index in [1.807, 2.05) is 13.2 Å². The SMILES string of the molecule is CCc1nnc(SC)n1/N=C\c1ccc(O)c(OC)c1. The topological polar surface area (TPSA) is 72.5 Å². The van der Waals surface area contributed by atoms with Gasteiger partial charge >= 0.3 is 0 Å². The number of phenols is 1. The Morgan fingerprint density at radius 3 is 2.90 bits per heavy atom. The lowest BCUT2D eigenvalue weighted by molar-refractivity contribution is 0.373. The average Bonchev–Trinajstić information content (AvgIpc) is 2.88. The summed E-state index contributed by atoms with van der Waals surface area (Å²) in [6.45, 7) is 2.00. The predicted octanol–water partition coefficient (Wildman–Crippen LogP) is 2.16. The molecule has 0 saturated carbocycles. The van der Waals surface area contributed by atoms with Crippen molar-refractivity contribution >= 4 is 18.0 Å². The Labute approximate surface area is 121 Å². The molecule has 0 saturated heterocycles. The van der Waals surface area contributed by atoms with E-state index in [9.17, 15) is 5.11 Å². The van der Waals surface area contributed by atoms with Gasteiger partial charge in [-0.25, -0.2) is 0 Å². The Balaban J connectivity index is 2.31. The largest absolute Gasteiger partial charge is 0.504 e. The van der Waals surface area contributed by atoms with Crippen molar-refractivity contribution in [2.24, 2.45) is 5.10 Å². The van der Waals surface area contributed by atoms with E-state index in [1.165, 1.54) is 18.9 Å². The molecule has 1 aromatic heterocycles. The Hall–Kier alpha value is -2.02. The number of methoxy groups -OCH3 is 1. The molecule has 1 heterocycles. The van der Waals surface area contributed by atoms with Gasteiger partial charge in [-0.15, -0.1) is 10.2 Å². The zero-order valence-corrected chi connectivity index (χ0v) is 12.4. The maximum Gasteiger partial charge on any atom is 0.211 e. The number of hydrogen-bond acceptors (Lipinski definition) is 6. The van der Waals surface area contributed by atoms with Crippen molar-refractivity contribution in [1.29, 1.82) is 0 Å². The van der Waals surface area contributed by atoms with Crippen LogP contribution in [-0.2, 0) is 6.42 Å². The molecule has 0 spiro atoms. The number of thioether (sulfide) groups is 1. The van der Waals surface area contributed by atoms with E-state index < -0.39 is 0 Å². The van der Waals surface area contributed by atoms with Crippen LogP contribution in [0.15, 0.2) is 28.5 Å². The number of phenolic OH excluding ortho intramolecular Hbond substituents is 1. The van der Waals surface area contributed by atoms with Crippen LogP contribution in [-0.4, -0.2) is 39.6 Å². The van der Waals surface area contributed by atoms with Crippen LogP contribution in [0.3, 0.4) is 0 Å². The second-order valence-corrected chi connectivity index (χ2v) is 4.72. The molecule has 0 aliphatic rings. The molecule has 0 atom stereocenters. The summed E-state index contributed by atoms with van der Waals surface area (Å²) >= 11 is 1.49. The summed E-state index contributed by atoms with van der Waals surface area (Å²) in [5, 5.41) is 22.8. The molecule has 6 nitrogen and oxygen atoms in total. The van der Waals surface area contributed by atoms with Crippen molar-refractivity contribution in [2.75, 3.05) is 13.4 Å². The maximum absolute atomic E-state index is 9.55. The predicted molar refractivity (Wildman–Crippen MR) is 78.8 cm³/mol. The second-order valence-electron chi connectivity index (χ2n) is 3.94. The van der Waals surface area contributed by atoms with Crippen molar-refractivity contribution in [1.82, 2.24) is 14.9 Å². The Morgan fingerprint density at radius 2 is 2.25 bits per heavy atom. The van der Waals surface area contributed by atoms with E-state index >= 15 is 0 Å². The van der Waals surface area contributed by atoms with Gasteiger partial charge in [0.2, 0.25) is 5.16 Å². The average molecular weight is 292 g/mol. The minimum absolute atomic E-state index is 0.105. The molecule has 0 amide bonds. The number of rotatable bonds is 5. The van der Waals surface area contributed by atoms with Gasteiger partial charge < -0.3 is 9.84 Å². The first-order valence-corrected chi connectivity index (χ1v) is 7.31. The summed E-state index contributed by atoms with van der Waals surface area (Å²) in [5.41, 5.74) is 0.822. The maximum atomic E-state index is 9.55. The lowest BCUT2D eigenvalue weighted by Crippen LogP contribution is -1.98. The van der Waals surface area contributed by atoms with Gasteiger partial charge in [0, 0.05) is 6.42 Å². The summed E-state index contributed by atoms with van der Waals surface area (Å²) in [7, 11) is 1.51. The number of aryl methyl sites for hydroxylation is 1. The number of aromatic nitrogens is 3. The third-order valence-corrected chi connectivity index (χ3v) is 3.32. The van der Waals surface area contributed by atoms with Gasteiger partial charge in [0.05, 0.1) is 13.3 Å². The standard InChI is InChI=1S/C13H16N4O2S/c1-4-12-15-16-13(20-3)17(12)14-8-9-5-6-10(18)11(7-9)19-2/h5-8,18H,4H2,1-3H3/b14-8-. The number of ether oxygens (including phenoxy) is 1. The van der Waals surface area contributed by atoms with E-state index in [4.69, 9.17) is 4.74 Å². The van der Waals surface area contributed by atoms with Gasteiger partial charge in [-0.3, -0.25) is 0 Å². The van der Waals surface area contributed by atoms with Crippen LogP contribution in [0.1, 0.15) is 18.3 Å². The molecule has 0 bridgehead atoms.